The zero-order valence-electron chi connectivity index (χ0n) is 8.29. The van der Waals surface area contributed by atoms with Gasteiger partial charge in [-0.3, -0.25) is 4.79 Å². The lowest BCUT2D eigenvalue weighted by molar-refractivity contribution is -0.138. The van der Waals surface area contributed by atoms with Crippen LogP contribution in [-0.2, 0) is 4.79 Å². The van der Waals surface area contributed by atoms with Crippen LogP contribution in [0.5, 0.6) is 5.75 Å². The normalized spacial score (nSPS) is 12.2. The molecule has 0 saturated carbocycles. The molecule has 1 atom stereocenters. The van der Waals surface area contributed by atoms with Gasteiger partial charge in [0.15, 0.2) is 0 Å². The Kier molecular flexibility index (Phi) is 4.14. The Labute approximate surface area is 92.4 Å². The van der Waals surface area contributed by atoms with Crippen LogP contribution < -0.4 is 4.74 Å². The van der Waals surface area contributed by atoms with Gasteiger partial charge in [0.05, 0.1) is 5.92 Å². The van der Waals surface area contributed by atoms with Gasteiger partial charge in [-0.05, 0) is 24.6 Å². The lowest BCUT2D eigenvalue weighted by Gasteiger charge is -2.08. The molecule has 14 heavy (non-hydrogen) atoms. The maximum absolute atomic E-state index is 11.4. The molecule has 0 aliphatic rings. The Balaban J connectivity index is 2.65. The van der Waals surface area contributed by atoms with Gasteiger partial charge >= 0.3 is 5.97 Å². The first kappa shape index (κ1) is 11.2. The summed E-state index contributed by atoms with van der Waals surface area (Å²) >= 11 is 3.31. The van der Waals surface area contributed by atoms with E-state index in [0.29, 0.717) is 5.75 Å². The molecule has 0 bridgehead atoms. The number of halogens is 1. The van der Waals surface area contributed by atoms with Crippen LogP contribution in [0.25, 0.3) is 0 Å². The minimum absolute atomic E-state index is 0.0472. The molecule has 1 rings (SSSR count). The molecule has 0 N–H and O–H groups in total. The molecule has 0 radical (unpaired) electrons. The van der Waals surface area contributed by atoms with Crippen molar-refractivity contribution in [3.05, 3.63) is 28.7 Å². The SMILES string of the molecule is CCC(C)C(=O)Oc1cccc(Br)c1. The summed E-state index contributed by atoms with van der Waals surface area (Å²) in [5, 5.41) is 0. The number of hydrogen-bond acceptors (Lipinski definition) is 2. The number of carbonyl (C=O) groups is 1. The first-order valence-electron chi connectivity index (χ1n) is 4.60. The van der Waals surface area contributed by atoms with Crippen molar-refractivity contribution in [3.63, 3.8) is 0 Å². The third kappa shape index (κ3) is 3.14. The first-order valence-corrected chi connectivity index (χ1v) is 5.40. The van der Waals surface area contributed by atoms with Crippen LogP contribution in [-0.4, -0.2) is 5.97 Å². The molecule has 3 heteroatoms. The summed E-state index contributed by atoms with van der Waals surface area (Å²) in [6, 6.07) is 7.27. The highest BCUT2D eigenvalue weighted by atomic mass is 79.9. The molecule has 0 aliphatic heterocycles. The third-order valence-electron chi connectivity index (χ3n) is 2.03. The summed E-state index contributed by atoms with van der Waals surface area (Å²) < 4.78 is 6.09. The van der Waals surface area contributed by atoms with Gasteiger partial charge in [-0.25, -0.2) is 0 Å². The monoisotopic (exact) mass is 256 g/mol. The Hall–Kier alpha value is -0.830. The van der Waals surface area contributed by atoms with E-state index in [2.05, 4.69) is 15.9 Å². The van der Waals surface area contributed by atoms with Gasteiger partial charge in [0.2, 0.25) is 0 Å². The molecule has 0 saturated heterocycles. The maximum Gasteiger partial charge on any atom is 0.314 e. The number of esters is 1. The number of carbonyl (C=O) groups excluding carboxylic acids is 1. The smallest absolute Gasteiger partial charge is 0.314 e. The lowest BCUT2D eigenvalue weighted by atomic mass is 10.1. The van der Waals surface area contributed by atoms with Gasteiger partial charge in [0.25, 0.3) is 0 Å². The van der Waals surface area contributed by atoms with E-state index in [1.165, 1.54) is 0 Å². The van der Waals surface area contributed by atoms with E-state index in [4.69, 9.17) is 4.74 Å². The molecule has 0 spiro atoms. The van der Waals surface area contributed by atoms with Crippen molar-refractivity contribution in [2.24, 2.45) is 5.92 Å². The summed E-state index contributed by atoms with van der Waals surface area (Å²) in [6.45, 7) is 3.83. The van der Waals surface area contributed by atoms with Crippen molar-refractivity contribution < 1.29 is 9.53 Å². The zero-order valence-corrected chi connectivity index (χ0v) is 9.87. The van der Waals surface area contributed by atoms with E-state index in [1.54, 1.807) is 12.1 Å². The van der Waals surface area contributed by atoms with Gasteiger partial charge in [0.1, 0.15) is 5.75 Å². The minimum atomic E-state index is -0.175. The predicted octanol–water partition coefficient (Wildman–Crippen LogP) is 3.40. The summed E-state index contributed by atoms with van der Waals surface area (Å²) in [7, 11) is 0. The van der Waals surface area contributed by atoms with Gasteiger partial charge < -0.3 is 4.74 Å². The molecule has 76 valence electrons. The molecule has 0 fully saturated rings. The minimum Gasteiger partial charge on any atom is -0.426 e. The van der Waals surface area contributed by atoms with Gasteiger partial charge in [0, 0.05) is 4.47 Å². The van der Waals surface area contributed by atoms with E-state index < -0.39 is 0 Å². The van der Waals surface area contributed by atoms with Crippen LogP contribution >= 0.6 is 15.9 Å². The van der Waals surface area contributed by atoms with Crippen molar-refractivity contribution in [2.45, 2.75) is 20.3 Å². The molecule has 1 unspecified atom stereocenters. The molecule has 2 nitrogen and oxygen atoms in total. The average molecular weight is 257 g/mol. The Morgan fingerprint density at radius 2 is 2.29 bits per heavy atom. The van der Waals surface area contributed by atoms with Crippen LogP contribution in [0.1, 0.15) is 20.3 Å². The number of hydrogen-bond donors (Lipinski definition) is 0. The number of rotatable bonds is 3. The van der Waals surface area contributed by atoms with E-state index in [9.17, 15) is 4.79 Å². The molecular weight excluding hydrogens is 244 g/mol. The molecule has 1 aromatic carbocycles. The average Bonchev–Trinajstić information content (AvgIpc) is 2.16. The van der Waals surface area contributed by atoms with Crippen LogP contribution in [0.2, 0.25) is 0 Å². The highest BCUT2D eigenvalue weighted by Gasteiger charge is 2.12. The Morgan fingerprint density at radius 1 is 1.57 bits per heavy atom. The number of benzene rings is 1. The molecule has 1 aromatic rings. The van der Waals surface area contributed by atoms with Crippen molar-refractivity contribution in [1.29, 1.82) is 0 Å². The zero-order chi connectivity index (χ0) is 10.6. The molecular formula is C11H13BrO2. The summed E-state index contributed by atoms with van der Waals surface area (Å²) in [4.78, 5) is 11.4. The second kappa shape index (κ2) is 5.15. The Morgan fingerprint density at radius 3 is 2.86 bits per heavy atom. The van der Waals surface area contributed by atoms with Gasteiger partial charge in [-0.15, -0.1) is 0 Å². The standard InChI is InChI=1S/C11H13BrO2/c1-3-8(2)11(13)14-10-6-4-5-9(12)7-10/h4-8H,3H2,1-2H3. The summed E-state index contributed by atoms with van der Waals surface area (Å²) in [5.41, 5.74) is 0. The summed E-state index contributed by atoms with van der Waals surface area (Å²) in [6.07, 6.45) is 0.798. The third-order valence-corrected chi connectivity index (χ3v) is 2.52. The molecule has 0 aromatic heterocycles. The first-order chi connectivity index (χ1) is 6.63. The van der Waals surface area contributed by atoms with Crippen LogP contribution in [0.3, 0.4) is 0 Å². The second-order valence-electron chi connectivity index (χ2n) is 3.19. The van der Waals surface area contributed by atoms with Crippen molar-refractivity contribution >= 4 is 21.9 Å². The van der Waals surface area contributed by atoms with Gasteiger partial charge in [-0.1, -0.05) is 35.8 Å². The van der Waals surface area contributed by atoms with Crippen LogP contribution in [0, 0.1) is 5.92 Å². The van der Waals surface area contributed by atoms with Crippen molar-refractivity contribution in [2.75, 3.05) is 0 Å². The van der Waals surface area contributed by atoms with E-state index in [-0.39, 0.29) is 11.9 Å². The van der Waals surface area contributed by atoms with Gasteiger partial charge in [-0.2, -0.15) is 0 Å². The largest absolute Gasteiger partial charge is 0.426 e. The molecule has 0 heterocycles. The topological polar surface area (TPSA) is 26.3 Å². The highest BCUT2D eigenvalue weighted by Crippen LogP contribution is 2.19. The van der Waals surface area contributed by atoms with E-state index in [0.717, 1.165) is 10.9 Å². The van der Waals surface area contributed by atoms with Crippen LogP contribution in [0.4, 0.5) is 0 Å². The maximum atomic E-state index is 11.4. The Bertz CT molecular complexity index is 323. The van der Waals surface area contributed by atoms with Crippen molar-refractivity contribution in [1.82, 2.24) is 0 Å². The fourth-order valence-electron chi connectivity index (χ4n) is 0.914. The highest BCUT2D eigenvalue weighted by molar-refractivity contribution is 9.10. The fraction of sp³-hybridized carbons (Fsp3) is 0.364. The summed E-state index contributed by atoms with van der Waals surface area (Å²) in [5.74, 6) is 0.365. The second-order valence-corrected chi connectivity index (χ2v) is 4.10. The van der Waals surface area contributed by atoms with E-state index in [1.807, 2.05) is 26.0 Å². The fourth-order valence-corrected chi connectivity index (χ4v) is 1.29. The van der Waals surface area contributed by atoms with Crippen LogP contribution in [0.15, 0.2) is 28.7 Å². The van der Waals surface area contributed by atoms with Crippen molar-refractivity contribution in [3.8, 4) is 5.75 Å². The van der Waals surface area contributed by atoms with E-state index >= 15 is 0 Å². The quantitative estimate of drug-likeness (QED) is 0.612. The molecule has 0 aliphatic carbocycles. The number of ether oxygens (including phenoxy) is 1. The molecule has 0 amide bonds. The lowest BCUT2D eigenvalue weighted by Crippen LogP contribution is -2.16. The predicted molar refractivity (Wildman–Crippen MR) is 59.2 cm³/mol.